The second kappa shape index (κ2) is 8.17. The van der Waals surface area contributed by atoms with Crippen LogP contribution in [0.2, 0.25) is 0 Å². The van der Waals surface area contributed by atoms with Crippen LogP contribution in [0.4, 0.5) is 0 Å². The van der Waals surface area contributed by atoms with Crippen molar-refractivity contribution in [1.82, 2.24) is 5.32 Å². The van der Waals surface area contributed by atoms with Gasteiger partial charge in [0.2, 0.25) is 0 Å². The Morgan fingerprint density at radius 2 is 2.16 bits per heavy atom. The average Bonchev–Trinajstić information content (AvgIpc) is 2.47. The van der Waals surface area contributed by atoms with Crippen molar-refractivity contribution in [2.75, 3.05) is 6.54 Å². The fourth-order valence-electron chi connectivity index (χ4n) is 1.94. The molecule has 102 valence electrons. The largest absolute Gasteiger partial charge is 0.409 e. The van der Waals surface area contributed by atoms with E-state index >= 15 is 0 Å². The van der Waals surface area contributed by atoms with Crippen LogP contribution in [0.1, 0.15) is 31.2 Å². The quantitative estimate of drug-likeness (QED) is 0.230. The van der Waals surface area contributed by atoms with Crippen LogP contribution >= 0.6 is 0 Å². The Morgan fingerprint density at radius 3 is 2.68 bits per heavy atom. The van der Waals surface area contributed by atoms with Gasteiger partial charge in [0.1, 0.15) is 5.84 Å². The lowest BCUT2D eigenvalue weighted by molar-refractivity contribution is 0.315. The summed E-state index contributed by atoms with van der Waals surface area (Å²) in [4.78, 5) is 0. The topological polar surface area (TPSA) is 70.6 Å². The molecule has 0 aromatic heterocycles. The standard InChI is InChI=1S/C15H21N3O/c1-3-8-13(4-2)17-11-14(15(16)18-19)12-9-6-5-7-10-12/h1,5-7,9-10,13-14,17,19H,4,8,11H2,2H3,(H2,16,18). The van der Waals surface area contributed by atoms with Gasteiger partial charge in [-0.05, 0) is 12.0 Å². The summed E-state index contributed by atoms with van der Waals surface area (Å²) < 4.78 is 0. The van der Waals surface area contributed by atoms with Crippen LogP contribution < -0.4 is 11.1 Å². The minimum Gasteiger partial charge on any atom is -0.409 e. The molecule has 0 saturated carbocycles. The van der Waals surface area contributed by atoms with Crippen LogP contribution in [0.3, 0.4) is 0 Å². The van der Waals surface area contributed by atoms with Crippen molar-refractivity contribution in [3.8, 4) is 12.3 Å². The Morgan fingerprint density at radius 1 is 1.47 bits per heavy atom. The van der Waals surface area contributed by atoms with Crippen molar-refractivity contribution in [3.63, 3.8) is 0 Å². The summed E-state index contributed by atoms with van der Waals surface area (Å²) in [7, 11) is 0. The summed E-state index contributed by atoms with van der Waals surface area (Å²) in [6.07, 6.45) is 6.95. The van der Waals surface area contributed by atoms with E-state index in [0.717, 1.165) is 12.0 Å². The van der Waals surface area contributed by atoms with E-state index in [1.54, 1.807) is 0 Å². The number of hydrogen-bond donors (Lipinski definition) is 3. The van der Waals surface area contributed by atoms with Crippen LogP contribution in [0.5, 0.6) is 0 Å². The van der Waals surface area contributed by atoms with Gasteiger partial charge < -0.3 is 16.3 Å². The molecule has 1 aromatic rings. The second-order valence-electron chi connectivity index (χ2n) is 4.41. The van der Waals surface area contributed by atoms with E-state index in [1.807, 2.05) is 30.3 Å². The lowest BCUT2D eigenvalue weighted by atomic mass is 9.97. The van der Waals surface area contributed by atoms with E-state index in [1.165, 1.54) is 0 Å². The minimum absolute atomic E-state index is 0.155. The molecule has 0 aliphatic carbocycles. The van der Waals surface area contributed by atoms with Crippen molar-refractivity contribution >= 4 is 5.84 Å². The van der Waals surface area contributed by atoms with Gasteiger partial charge in [0.15, 0.2) is 0 Å². The number of nitrogens with zero attached hydrogens (tertiary/aromatic N) is 1. The molecule has 19 heavy (non-hydrogen) atoms. The summed E-state index contributed by atoms with van der Waals surface area (Å²) in [5, 5.41) is 15.4. The summed E-state index contributed by atoms with van der Waals surface area (Å²) in [6, 6.07) is 9.99. The fraction of sp³-hybridized carbons (Fsp3) is 0.400. The molecule has 4 heteroatoms. The molecule has 1 aromatic carbocycles. The Bertz CT molecular complexity index is 436. The van der Waals surface area contributed by atoms with Gasteiger partial charge in [0.25, 0.3) is 0 Å². The zero-order valence-corrected chi connectivity index (χ0v) is 11.2. The van der Waals surface area contributed by atoms with E-state index in [-0.39, 0.29) is 17.8 Å². The Hall–Kier alpha value is -1.99. The van der Waals surface area contributed by atoms with E-state index in [9.17, 15) is 0 Å². The van der Waals surface area contributed by atoms with Gasteiger partial charge in [-0.2, -0.15) is 0 Å². The van der Waals surface area contributed by atoms with Gasteiger partial charge in [-0.3, -0.25) is 0 Å². The summed E-state index contributed by atoms with van der Waals surface area (Å²) in [5.41, 5.74) is 6.79. The lowest BCUT2D eigenvalue weighted by Crippen LogP contribution is -2.37. The van der Waals surface area contributed by atoms with Crippen LogP contribution in [-0.2, 0) is 0 Å². The van der Waals surface area contributed by atoms with Gasteiger partial charge in [0, 0.05) is 19.0 Å². The molecule has 4 N–H and O–H groups in total. The number of nitrogens with one attached hydrogen (secondary N) is 1. The normalized spacial score (nSPS) is 14.6. The van der Waals surface area contributed by atoms with Gasteiger partial charge in [-0.25, -0.2) is 0 Å². The Balaban J connectivity index is 2.75. The van der Waals surface area contributed by atoms with Crippen molar-refractivity contribution < 1.29 is 5.21 Å². The molecule has 0 radical (unpaired) electrons. The SMILES string of the molecule is C#CCC(CC)NCC(/C(N)=N/O)c1ccccc1. The van der Waals surface area contributed by atoms with E-state index in [0.29, 0.717) is 13.0 Å². The van der Waals surface area contributed by atoms with Gasteiger partial charge in [0.05, 0.1) is 5.92 Å². The van der Waals surface area contributed by atoms with Crippen molar-refractivity contribution in [3.05, 3.63) is 35.9 Å². The first-order valence-electron chi connectivity index (χ1n) is 6.42. The molecule has 0 spiro atoms. The number of amidine groups is 1. The fourth-order valence-corrected chi connectivity index (χ4v) is 1.94. The minimum atomic E-state index is -0.155. The third-order valence-corrected chi connectivity index (χ3v) is 3.14. The number of terminal acetylenes is 1. The third kappa shape index (κ3) is 4.65. The van der Waals surface area contributed by atoms with Crippen LogP contribution in [-0.4, -0.2) is 23.6 Å². The molecule has 4 nitrogen and oxygen atoms in total. The number of oxime groups is 1. The second-order valence-corrected chi connectivity index (χ2v) is 4.41. The maximum Gasteiger partial charge on any atom is 0.147 e. The summed E-state index contributed by atoms with van der Waals surface area (Å²) >= 11 is 0. The molecule has 0 bridgehead atoms. The maximum absolute atomic E-state index is 8.90. The van der Waals surface area contributed by atoms with Gasteiger partial charge in [-0.15, -0.1) is 12.3 Å². The molecule has 0 aliphatic rings. The molecule has 0 fully saturated rings. The molecule has 0 aliphatic heterocycles. The Kier molecular flexibility index (Phi) is 6.48. The van der Waals surface area contributed by atoms with Gasteiger partial charge in [-0.1, -0.05) is 42.4 Å². The molecule has 0 saturated heterocycles. The summed E-state index contributed by atoms with van der Waals surface area (Å²) in [5.74, 6) is 2.70. The van der Waals surface area contributed by atoms with E-state index < -0.39 is 0 Å². The monoisotopic (exact) mass is 259 g/mol. The number of benzene rings is 1. The number of nitrogens with two attached hydrogens (primary N) is 1. The molecule has 1 rings (SSSR count). The highest BCUT2D eigenvalue weighted by molar-refractivity contribution is 5.87. The predicted octanol–water partition coefficient (Wildman–Crippen LogP) is 1.91. The molecule has 0 amide bonds. The zero-order valence-electron chi connectivity index (χ0n) is 11.2. The highest BCUT2D eigenvalue weighted by atomic mass is 16.4. The van der Waals surface area contributed by atoms with Gasteiger partial charge >= 0.3 is 0 Å². The van der Waals surface area contributed by atoms with E-state index in [2.05, 4.69) is 23.3 Å². The maximum atomic E-state index is 8.90. The zero-order chi connectivity index (χ0) is 14.1. The average molecular weight is 259 g/mol. The number of rotatable bonds is 7. The molecule has 2 atom stereocenters. The van der Waals surface area contributed by atoms with Crippen molar-refractivity contribution in [2.45, 2.75) is 31.7 Å². The first-order valence-corrected chi connectivity index (χ1v) is 6.42. The summed E-state index contributed by atoms with van der Waals surface area (Å²) in [6.45, 7) is 2.68. The lowest BCUT2D eigenvalue weighted by Gasteiger charge is -2.20. The predicted molar refractivity (Wildman–Crippen MR) is 78.1 cm³/mol. The van der Waals surface area contributed by atoms with Crippen LogP contribution in [0.25, 0.3) is 0 Å². The molecular weight excluding hydrogens is 238 g/mol. The number of hydrogen-bond acceptors (Lipinski definition) is 3. The first-order chi connectivity index (χ1) is 9.22. The van der Waals surface area contributed by atoms with Crippen LogP contribution in [0.15, 0.2) is 35.5 Å². The van der Waals surface area contributed by atoms with Crippen LogP contribution in [0, 0.1) is 12.3 Å². The third-order valence-electron chi connectivity index (χ3n) is 3.14. The smallest absolute Gasteiger partial charge is 0.147 e. The highest BCUT2D eigenvalue weighted by Crippen LogP contribution is 2.15. The first kappa shape index (κ1) is 15.1. The van der Waals surface area contributed by atoms with Crippen molar-refractivity contribution in [2.24, 2.45) is 10.9 Å². The molecule has 0 heterocycles. The highest BCUT2D eigenvalue weighted by Gasteiger charge is 2.17. The Labute approximate surface area is 114 Å². The molecule has 2 unspecified atom stereocenters. The molecular formula is C15H21N3O. The van der Waals surface area contributed by atoms with E-state index in [4.69, 9.17) is 17.4 Å². The van der Waals surface area contributed by atoms with Crippen molar-refractivity contribution in [1.29, 1.82) is 0 Å².